The van der Waals surface area contributed by atoms with Crippen molar-refractivity contribution in [3.05, 3.63) is 63.7 Å². The van der Waals surface area contributed by atoms with Gasteiger partial charge < -0.3 is 9.84 Å². The molecule has 108 valence electrons. The number of nitrogens with zero attached hydrogens (tertiary/aromatic N) is 1. The maximum Gasteiger partial charge on any atom is 0.339 e. The molecule has 0 saturated heterocycles. The first-order valence-corrected chi connectivity index (χ1v) is 5.53. The van der Waals surface area contributed by atoms with Crippen molar-refractivity contribution in [1.29, 1.82) is 0 Å². The van der Waals surface area contributed by atoms with Gasteiger partial charge in [-0.15, -0.1) is 0 Å². The van der Waals surface area contributed by atoms with Crippen LogP contribution in [0.5, 0.6) is 11.5 Å². The van der Waals surface area contributed by atoms with Gasteiger partial charge >= 0.3 is 5.97 Å². The van der Waals surface area contributed by atoms with Gasteiger partial charge in [0, 0.05) is 18.2 Å². The number of benzene rings is 2. The summed E-state index contributed by atoms with van der Waals surface area (Å²) in [6.07, 6.45) is 0. The molecule has 0 radical (unpaired) electrons. The van der Waals surface area contributed by atoms with Crippen molar-refractivity contribution >= 4 is 11.7 Å². The Bertz CT molecular complexity index is 732. The first-order valence-electron chi connectivity index (χ1n) is 5.53. The summed E-state index contributed by atoms with van der Waals surface area (Å²) in [5, 5.41) is 19.6. The normalized spacial score (nSPS) is 10.2. The third-order valence-electron chi connectivity index (χ3n) is 2.52. The van der Waals surface area contributed by atoms with Gasteiger partial charge in [-0.25, -0.2) is 13.6 Å². The summed E-state index contributed by atoms with van der Waals surface area (Å²) >= 11 is 0. The SMILES string of the molecule is O=C(O)c1cc([N+](=O)[O-])ccc1Oc1ccc(F)cc1F. The number of carbonyl (C=O) groups is 1. The lowest BCUT2D eigenvalue weighted by Crippen LogP contribution is -2.02. The Labute approximate surface area is 116 Å². The van der Waals surface area contributed by atoms with Crippen LogP contribution in [0.2, 0.25) is 0 Å². The molecule has 0 aliphatic carbocycles. The molecule has 6 nitrogen and oxygen atoms in total. The van der Waals surface area contributed by atoms with Crippen LogP contribution in [0.1, 0.15) is 10.4 Å². The lowest BCUT2D eigenvalue weighted by Gasteiger charge is -2.09. The molecular weight excluding hydrogens is 288 g/mol. The molecule has 2 aromatic carbocycles. The largest absolute Gasteiger partial charge is 0.478 e. The van der Waals surface area contributed by atoms with E-state index in [4.69, 9.17) is 9.84 Å². The summed E-state index contributed by atoms with van der Waals surface area (Å²) in [4.78, 5) is 20.9. The lowest BCUT2D eigenvalue weighted by molar-refractivity contribution is -0.384. The third kappa shape index (κ3) is 3.11. The van der Waals surface area contributed by atoms with Gasteiger partial charge in [0.15, 0.2) is 11.6 Å². The molecule has 0 amide bonds. The smallest absolute Gasteiger partial charge is 0.339 e. The molecule has 21 heavy (non-hydrogen) atoms. The Morgan fingerprint density at radius 3 is 2.38 bits per heavy atom. The highest BCUT2D eigenvalue weighted by molar-refractivity contribution is 5.91. The Morgan fingerprint density at radius 1 is 1.14 bits per heavy atom. The summed E-state index contributed by atoms with van der Waals surface area (Å²) in [5.41, 5.74) is -0.952. The quantitative estimate of drug-likeness (QED) is 0.690. The number of carboxylic acid groups (broad SMARTS) is 1. The van der Waals surface area contributed by atoms with Crippen LogP contribution < -0.4 is 4.74 Å². The minimum atomic E-state index is -1.48. The van der Waals surface area contributed by atoms with E-state index in [1.165, 1.54) is 0 Å². The van der Waals surface area contributed by atoms with Crippen LogP contribution in [0.4, 0.5) is 14.5 Å². The molecule has 0 bridgehead atoms. The lowest BCUT2D eigenvalue weighted by atomic mass is 10.2. The molecule has 0 aliphatic heterocycles. The number of rotatable bonds is 4. The summed E-state index contributed by atoms with van der Waals surface area (Å²) in [7, 11) is 0. The second-order valence-electron chi connectivity index (χ2n) is 3.92. The van der Waals surface area contributed by atoms with Crippen molar-refractivity contribution in [2.45, 2.75) is 0 Å². The average molecular weight is 295 g/mol. The number of carboxylic acids is 1. The number of hydrogen-bond acceptors (Lipinski definition) is 4. The minimum Gasteiger partial charge on any atom is -0.478 e. The van der Waals surface area contributed by atoms with Gasteiger partial charge in [-0.3, -0.25) is 10.1 Å². The van der Waals surface area contributed by atoms with Crippen molar-refractivity contribution in [1.82, 2.24) is 0 Å². The van der Waals surface area contributed by atoms with Gasteiger partial charge in [-0.2, -0.15) is 0 Å². The molecule has 0 atom stereocenters. The molecule has 0 saturated carbocycles. The number of nitro groups is 1. The second kappa shape index (κ2) is 5.53. The maximum atomic E-state index is 13.5. The number of hydrogen-bond donors (Lipinski definition) is 1. The maximum absolute atomic E-state index is 13.5. The zero-order valence-corrected chi connectivity index (χ0v) is 10.2. The molecule has 0 fully saturated rings. The Balaban J connectivity index is 2.44. The summed E-state index contributed by atoms with van der Waals surface area (Å²) in [6, 6.07) is 5.33. The van der Waals surface area contributed by atoms with Crippen LogP contribution in [0.25, 0.3) is 0 Å². The van der Waals surface area contributed by atoms with E-state index in [2.05, 4.69) is 0 Å². The fourth-order valence-electron chi connectivity index (χ4n) is 1.56. The molecular formula is C13H7F2NO5. The first kappa shape index (κ1) is 14.4. The van der Waals surface area contributed by atoms with Gasteiger partial charge in [0.05, 0.1) is 4.92 Å². The number of aromatic carboxylic acids is 1. The number of ether oxygens (including phenoxy) is 1. The minimum absolute atomic E-state index is 0.293. The Hall–Kier alpha value is -3.03. The zero-order chi connectivity index (χ0) is 15.6. The van der Waals surface area contributed by atoms with Crippen molar-refractivity contribution in [2.24, 2.45) is 0 Å². The highest BCUT2D eigenvalue weighted by Crippen LogP contribution is 2.30. The molecule has 0 spiro atoms. The van der Waals surface area contributed by atoms with Gasteiger partial charge in [0.2, 0.25) is 0 Å². The summed E-state index contributed by atoms with van der Waals surface area (Å²) in [5.74, 6) is -4.01. The Morgan fingerprint density at radius 2 is 1.81 bits per heavy atom. The first-order chi connectivity index (χ1) is 9.88. The van der Waals surface area contributed by atoms with Crippen LogP contribution in [0.3, 0.4) is 0 Å². The van der Waals surface area contributed by atoms with Crippen LogP contribution >= 0.6 is 0 Å². The molecule has 1 N–H and O–H groups in total. The van der Waals surface area contributed by atoms with Crippen molar-refractivity contribution in [3.8, 4) is 11.5 Å². The molecule has 0 aliphatic rings. The van der Waals surface area contributed by atoms with E-state index in [1.54, 1.807) is 0 Å². The number of non-ortho nitro benzene ring substituents is 1. The van der Waals surface area contributed by atoms with Crippen LogP contribution in [0, 0.1) is 21.7 Å². The standard InChI is InChI=1S/C13H7F2NO5/c14-7-1-3-12(10(15)5-7)21-11-4-2-8(16(19)20)6-9(11)13(17)18/h1-6H,(H,17,18). The zero-order valence-electron chi connectivity index (χ0n) is 10.2. The fourth-order valence-corrected chi connectivity index (χ4v) is 1.56. The van der Waals surface area contributed by atoms with Crippen molar-refractivity contribution in [2.75, 3.05) is 0 Å². The Kier molecular flexibility index (Phi) is 3.79. The number of halogens is 2. The molecule has 2 aromatic rings. The monoisotopic (exact) mass is 295 g/mol. The van der Waals surface area contributed by atoms with Crippen molar-refractivity contribution in [3.63, 3.8) is 0 Å². The predicted molar refractivity (Wildman–Crippen MR) is 66.5 cm³/mol. The van der Waals surface area contributed by atoms with E-state index >= 15 is 0 Å². The summed E-state index contributed by atoms with van der Waals surface area (Å²) < 4.78 is 31.3. The van der Waals surface area contributed by atoms with Gasteiger partial charge in [0.25, 0.3) is 5.69 Å². The average Bonchev–Trinajstić information content (AvgIpc) is 2.41. The van der Waals surface area contributed by atoms with Crippen LogP contribution in [0.15, 0.2) is 36.4 Å². The summed E-state index contributed by atoms with van der Waals surface area (Å²) in [6.45, 7) is 0. The molecule has 0 heterocycles. The van der Waals surface area contributed by atoms with E-state index < -0.39 is 39.5 Å². The van der Waals surface area contributed by atoms with Crippen LogP contribution in [-0.4, -0.2) is 16.0 Å². The molecule has 8 heteroatoms. The third-order valence-corrected chi connectivity index (χ3v) is 2.52. The van der Waals surface area contributed by atoms with E-state index in [0.29, 0.717) is 6.07 Å². The highest BCUT2D eigenvalue weighted by Gasteiger charge is 2.18. The van der Waals surface area contributed by atoms with E-state index in [0.717, 1.165) is 30.3 Å². The topological polar surface area (TPSA) is 89.7 Å². The van der Waals surface area contributed by atoms with E-state index in [1.807, 2.05) is 0 Å². The highest BCUT2D eigenvalue weighted by atomic mass is 19.1. The van der Waals surface area contributed by atoms with Gasteiger partial charge in [0.1, 0.15) is 17.1 Å². The number of nitro benzene ring substituents is 1. The second-order valence-corrected chi connectivity index (χ2v) is 3.92. The molecule has 2 rings (SSSR count). The van der Waals surface area contributed by atoms with Crippen LogP contribution in [-0.2, 0) is 0 Å². The molecule has 0 unspecified atom stereocenters. The van der Waals surface area contributed by atoms with Gasteiger partial charge in [-0.1, -0.05) is 0 Å². The predicted octanol–water partition coefficient (Wildman–Crippen LogP) is 3.36. The van der Waals surface area contributed by atoms with E-state index in [9.17, 15) is 23.7 Å². The molecule has 0 aromatic heterocycles. The van der Waals surface area contributed by atoms with E-state index in [-0.39, 0.29) is 5.75 Å². The fraction of sp³-hybridized carbons (Fsp3) is 0. The van der Waals surface area contributed by atoms with Crippen molar-refractivity contribution < 1.29 is 28.3 Å². The van der Waals surface area contributed by atoms with Gasteiger partial charge in [-0.05, 0) is 18.2 Å².